The van der Waals surface area contributed by atoms with Gasteiger partial charge in [0.05, 0.1) is 4.90 Å². The van der Waals surface area contributed by atoms with Crippen molar-refractivity contribution in [3.05, 3.63) is 64.1 Å². The number of anilines is 3. The lowest BCUT2D eigenvalue weighted by molar-refractivity contribution is 0.102. The first kappa shape index (κ1) is 19.3. The van der Waals surface area contributed by atoms with E-state index in [2.05, 4.69) is 15.6 Å². The van der Waals surface area contributed by atoms with E-state index in [0.717, 1.165) is 11.8 Å². The number of amides is 1. The van der Waals surface area contributed by atoms with Crippen molar-refractivity contribution < 1.29 is 13.2 Å². The van der Waals surface area contributed by atoms with Gasteiger partial charge in [-0.3, -0.25) is 4.79 Å². The van der Waals surface area contributed by atoms with Crippen LogP contribution in [0.15, 0.2) is 52.7 Å². The Hall–Kier alpha value is -2.42. The van der Waals surface area contributed by atoms with Crippen LogP contribution in [0.5, 0.6) is 0 Å². The summed E-state index contributed by atoms with van der Waals surface area (Å²) in [4.78, 5) is 16.9. The zero-order valence-electron chi connectivity index (χ0n) is 14.5. The van der Waals surface area contributed by atoms with Gasteiger partial charge in [0.15, 0.2) is 15.0 Å². The molecule has 0 aliphatic heterocycles. The van der Waals surface area contributed by atoms with Gasteiger partial charge in [0.1, 0.15) is 5.69 Å². The summed E-state index contributed by atoms with van der Waals surface area (Å²) in [5.74, 6) is -0.336. The second kappa shape index (κ2) is 7.67. The van der Waals surface area contributed by atoms with E-state index in [4.69, 9.17) is 11.6 Å². The number of nitrogens with one attached hydrogen (secondary N) is 2. The van der Waals surface area contributed by atoms with Gasteiger partial charge in [-0.15, -0.1) is 11.3 Å². The van der Waals surface area contributed by atoms with Crippen LogP contribution < -0.4 is 10.6 Å². The van der Waals surface area contributed by atoms with Crippen LogP contribution in [0.1, 0.15) is 16.1 Å². The van der Waals surface area contributed by atoms with Crippen LogP contribution in [0.25, 0.3) is 0 Å². The molecular formula is C18H16ClN3O3S2. The Morgan fingerprint density at radius 1 is 1.15 bits per heavy atom. The Labute approximate surface area is 166 Å². The molecule has 0 bridgehead atoms. The van der Waals surface area contributed by atoms with Gasteiger partial charge in [-0.25, -0.2) is 13.4 Å². The number of aromatic nitrogens is 1. The molecule has 2 N–H and O–H groups in total. The molecule has 3 aromatic rings. The van der Waals surface area contributed by atoms with E-state index in [1.54, 1.807) is 29.6 Å². The molecule has 0 spiro atoms. The topological polar surface area (TPSA) is 88.2 Å². The zero-order valence-corrected chi connectivity index (χ0v) is 16.9. The van der Waals surface area contributed by atoms with Gasteiger partial charge in [-0.1, -0.05) is 17.7 Å². The summed E-state index contributed by atoms with van der Waals surface area (Å²) in [5.41, 5.74) is 2.47. The summed E-state index contributed by atoms with van der Waals surface area (Å²) in [5, 5.41) is 8.55. The van der Waals surface area contributed by atoms with Crippen LogP contribution in [0.4, 0.5) is 16.5 Å². The molecule has 140 valence electrons. The quantitative estimate of drug-likeness (QED) is 0.633. The maximum absolute atomic E-state index is 12.4. The molecule has 0 aliphatic carbocycles. The molecule has 0 unspecified atom stereocenters. The summed E-state index contributed by atoms with van der Waals surface area (Å²) in [7, 11) is -3.24. The average molecular weight is 422 g/mol. The summed E-state index contributed by atoms with van der Waals surface area (Å²) >= 11 is 7.24. The van der Waals surface area contributed by atoms with Crippen molar-refractivity contribution in [3.8, 4) is 0 Å². The molecule has 0 radical (unpaired) electrons. The van der Waals surface area contributed by atoms with E-state index < -0.39 is 9.84 Å². The van der Waals surface area contributed by atoms with Crippen molar-refractivity contribution >= 4 is 55.2 Å². The first-order valence-electron chi connectivity index (χ1n) is 7.82. The number of nitrogens with zero attached hydrogens (tertiary/aromatic N) is 1. The predicted molar refractivity (Wildman–Crippen MR) is 109 cm³/mol. The lowest BCUT2D eigenvalue weighted by atomic mass is 10.2. The fourth-order valence-corrected chi connectivity index (χ4v) is 3.77. The molecule has 27 heavy (non-hydrogen) atoms. The maximum atomic E-state index is 12.4. The van der Waals surface area contributed by atoms with E-state index in [9.17, 15) is 13.2 Å². The van der Waals surface area contributed by atoms with E-state index in [1.807, 2.05) is 13.0 Å². The normalized spacial score (nSPS) is 11.2. The van der Waals surface area contributed by atoms with Gasteiger partial charge in [0.2, 0.25) is 0 Å². The van der Waals surface area contributed by atoms with Crippen LogP contribution in [-0.4, -0.2) is 25.6 Å². The number of hydrogen-bond donors (Lipinski definition) is 2. The van der Waals surface area contributed by atoms with Crippen molar-refractivity contribution in [1.82, 2.24) is 4.98 Å². The molecule has 2 aromatic carbocycles. The largest absolute Gasteiger partial charge is 0.332 e. The van der Waals surface area contributed by atoms with Crippen molar-refractivity contribution in [2.24, 2.45) is 0 Å². The lowest BCUT2D eigenvalue weighted by Crippen LogP contribution is -2.13. The number of carbonyl (C=O) groups excluding carboxylic acids is 1. The molecule has 1 aromatic heterocycles. The van der Waals surface area contributed by atoms with Gasteiger partial charge in [0, 0.05) is 28.0 Å². The minimum absolute atomic E-state index is 0.240. The second-order valence-corrected chi connectivity index (χ2v) is 9.18. The van der Waals surface area contributed by atoms with E-state index in [-0.39, 0.29) is 16.5 Å². The van der Waals surface area contributed by atoms with Crippen LogP contribution in [0.2, 0.25) is 5.02 Å². The fraction of sp³-hybridized carbons (Fsp3) is 0.111. The predicted octanol–water partition coefficient (Wildman–Crippen LogP) is 4.50. The Bertz CT molecular complexity index is 1090. The molecule has 0 aliphatic rings. The first-order chi connectivity index (χ1) is 12.7. The number of halogens is 1. The fourth-order valence-electron chi connectivity index (χ4n) is 2.26. The highest BCUT2D eigenvalue weighted by Gasteiger charge is 2.13. The minimum Gasteiger partial charge on any atom is -0.332 e. The maximum Gasteiger partial charge on any atom is 0.275 e. The number of benzene rings is 2. The van der Waals surface area contributed by atoms with Crippen molar-refractivity contribution in [3.63, 3.8) is 0 Å². The molecule has 3 rings (SSSR count). The van der Waals surface area contributed by atoms with Crippen LogP contribution in [0, 0.1) is 6.92 Å². The highest BCUT2D eigenvalue weighted by atomic mass is 35.5. The smallest absolute Gasteiger partial charge is 0.275 e. The second-order valence-electron chi connectivity index (χ2n) is 5.87. The molecule has 0 saturated carbocycles. The number of carbonyl (C=O) groups is 1. The van der Waals surface area contributed by atoms with E-state index >= 15 is 0 Å². The molecule has 0 fully saturated rings. The van der Waals surface area contributed by atoms with Gasteiger partial charge < -0.3 is 10.6 Å². The first-order valence-corrected chi connectivity index (χ1v) is 11.0. The van der Waals surface area contributed by atoms with Gasteiger partial charge >= 0.3 is 0 Å². The SMILES string of the molecule is Cc1ccc(Cl)cc1NC(=O)c1csc(Nc2ccc(S(C)(=O)=O)cc2)n1. The zero-order chi connectivity index (χ0) is 19.6. The Balaban J connectivity index is 1.71. The summed E-state index contributed by atoms with van der Waals surface area (Å²) < 4.78 is 23.0. The number of rotatable bonds is 5. The Kier molecular flexibility index (Phi) is 5.50. The molecule has 0 saturated heterocycles. The van der Waals surface area contributed by atoms with Gasteiger partial charge in [-0.2, -0.15) is 0 Å². The Morgan fingerprint density at radius 2 is 1.85 bits per heavy atom. The monoisotopic (exact) mass is 421 g/mol. The van der Waals surface area contributed by atoms with Crippen molar-refractivity contribution in [2.75, 3.05) is 16.9 Å². The van der Waals surface area contributed by atoms with E-state index in [0.29, 0.717) is 21.5 Å². The molecule has 0 atom stereocenters. The lowest BCUT2D eigenvalue weighted by Gasteiger charge is -2.07. The van der Waals surface area contributed by atoms with Crippen LogP contribution in [0.3, 0.4) is 0 Å². The summed E-state index contributed by atoms with van der Waals surface area (Å²) in [6.45, 7) is 1.88. The van der Waals surface area contributed by atoms with Crippen LogP contribution in [-0.2, 0) is 9.84 Å². The number of thiazole rings is 1. The van der Waals surface area contributed by atoms with E-state index in [1.165, 1.54) is 23.5 Å². The number of sulfone groups is 1. The van der Waals surface area contributed by atoms with Gasteiger partial charge in [-0.05, 0) is 48.9 Å². The van der Waals surface area contributed by atoms with Crippen molar-refractivity contribution in [2.45, 2.75) is 11.8 Å². The molecular weight excluding hydrogens is 406 g/mol. The third-order valence-corrected chi connectivity index (χ3v) is 5.84. The molecule has 1 amide bonds. The summed E-state index contributed by atoms with van der Waals surface area (Å²) in [6, 6.07) is 11.6. The van der Waals surface area contributed by atoms with Crippen molar-refractivity contribution in [1.29, 1.82) is 0 Å². The third kappa shape index (κ3) is 4.85. The summed E-state index contributed by atoms with van der Waals surface area (Å²) in [6.07, 6.45) is 1.16. The highest BCUT2D eigenvalue weighted by molar-refractivity contribution is 7.90. The number of hydrogen-bond acceptors (Lipinski definition) is 6. The average Bonchev–Trinajstić information content (AvgIpc) is 3.06. The minimum atomic E-state index is -3.24. The third-order valence-electron chi connectivity index (χ3n) is 3.72. The highest BCUT2D eigenvalue weighted by Crippen LogP contribution is 2.24. The number of aryl methyl sites for hydroxylation is 1. The Morgan fingerprint density at radius 3 is 2.52 bits per heavy atom. The van der Waals surface area contributed by atoms with Gasteiger partial charge in [0.25, 0.3) is 5.91 Å². The molecule has 1 heterocycles. The molecule has 6 nitrogen and oxygen atoms in total. The van der Waals surface area contributed by atoms with Crippen LogP contribution >= 0.6 is 22.9 Å². The molecule has 9 heteroatoms. The standard InChI is InChI=1S/C18H16ClN3O3S2/c1-11-3-4-12(19)9-15(11)21-17(23)16-10-26-18(22-16)20-13-5-7-14(8-6-13)27(2,24)25/h3-10H,1-2H3,(H,20,22)(H,21,23).